The van der Waals surface area contributed by atoms with Crippen LogP contribution in [-0.2, 0) is 0 Å². The van der Waals surface area contributed by atoms with Gasteiger partial charge in [0.2, 0.25) is 0 Å². The number of ether oxygens (including phenoxy) is 3. The van der Waals surface area contributed by atoms with Crippen LogP contribution in [0.25, 0.3) is 0 Å². The summed E-state index contributed by atoms with van der Waals surface area (Å²) in [4.78, 5) is 12.2. The van der Waals surface area contributed by atoms with E-state index in [0.29, 0.717) is 27.8 Å². The maximum Gasteiger partial charge on any atom is 0.200 e. The molecule has 0 aliphatic heterocycles. The van der Waals surface area contributed by atoms with Crippen molar-refractivity contribution in [2.45, 2.75) is 0 Å². The third kappa shape index (κ3) is 3.93. The number of ketones is 1. The van der Waals surface area contributed by atoms with Gasteiger partial charge in [-0.15, -0.1) is 0 Å². The summed E-state index contributed by atoms with van der Waals surface area (Å²) in [6.07, 6.45) is 0. The monoisotopic (exact) mass is 384 g/mol. The highest BCUT2D eigenvalue weighted by atomic mass is 79.9. The second-order valence-electron chi connectivity index (χ2n) is 4.36. The van der Waals surface area contributed by atoms with Gasteiger partial charge in [-0.25, -0.2) is 0 Å². The van der Waals surface area contributed by atoms with E-state index in [1.165, 1.54) is 14.2 Å². The van der Waals surface area contributed by atoms with E-state index in [4.69, 9.17) is 25.8 Å². The number of carbonyl (C=O) groups is 1. The van der Waals surface area contributed by atoms with Gasteiger partial charge in [-0.2, -0.15) is 0 Å². The van der Waals surface area contributed by atoms with E-state index in [1.807, 2.05) is 0 Å². The molecule has 0 saturated heterocycles. The van der Waals surface area contributed by atoms with Gasteiger partial charge in [0.1, 0.15) is 5.75 Å². The average Bonchev–Trinajstić information content (AvgIpc) is 2.53. The summed E-state index contributed by atoms with van der Waals surface area (Å²) in [5, 5.41) is 0.439. The van der Waals surface area contributed by atoms with Crippen molar-refractivity contribution >= 4 is 33.3 Å². The highest BCUT2D eigenvalue weighted by Crippen LogP contribution is 2.29. The molecule has 0 unspecified atom stereocenters. The number of methoxy groups -OCH3 is 2. The lowest BCUT2D eigenvalue weighted by Crippen LogP contribution is -2.12. The molecule has 2 aromatic rings. The van der Waals surface area contributed by atoms with Crippen LogP contribution in [0.3, 0.4) is 0 Å². The molecule has 0 atom stereocenters. The van der Waals surface area contributed by atoms with Gasteiger partial charge >= 0.3 is 0 Å². The number of Topliss-reactive ketones (excluding diaryl/α,β-unsaturated/α-hetero) is 1. The number of halogens is 2. The van der Waals surface area contributed by atoms with Gasteiger partial charge in [0, 0.05) is 10.0 Å². The second-order valence-corrected chi connectivity index (χ2v) is 5.68. The van der Waals surface area contributed by atoms with Gasteiger partial charge in [0.15, 0.2) is 23.9 Å². The fraction of sp³-hybridized carbons (Fsp3) is 0.188. The Labute approximate surface area is 142 Å². The first-order chi connectivity index (χ1) is 10.5. The van der Waals surface area contributed by atoms with Crippen molar-refractivity contribution < 1.29 is 19.0 Å². The molecular formula is C16H14BrClO4. The predicted molar refractivity (Wildman–Crippen MR) is 88.5 cm³/mol. The minimum Gasteiger partial charge on any atom is -0.493 e. The van der Waals surface area contributed by atoms with Crippen LogP contribution in [0.15, 0.2) is 40.9 Å². The molecule has 0 aliphatic carbocycles. The van der Waals surface area contributed by atoms with E-state index in [1.54, 1.807) is 36.4 Å². The van der Waals surface area contributed by atoms with Crippen molar-refractivity contribution in [3.05, 3.63) is 51.5 Å². The van der Waals surface area contributed by atoms with E-state index in [-0.39, 0.29) is 12.4 Å². The maximum atomic E-state index is 12.2. The van der Waals surface area contributed by atoms with E-state index in [9.17, 15) is 4.79 Å². The highest BCUT2D eigenvalue weighted by Gasteiger charge is 2.12. The topological polar surface area (TPSA) is 44.8 Å². The number of rotatable bonds is 6. The van der Waals surface area contributed by atoms with E-state index in [2.05, 4.69) is 15.9 Å². The van der Waals surface area contributed by atoms with Crippen LogP contribution in [0.1, 0.15) is 10.4 Å². The van der Waals surface area contributed by atoms with Crippen molar-refractivity contribution in [2.24, 2.45) is 0 Å². The van der Waals surface area contributed by atoms with Crippen LogP contribution in [-0.4, -0.2) is 26.6 Å². The lowest BCUT2D eigenvalue weighted by molar-refractivity contribution is 0.0921. The fourth-order valence-electron chi connectivity index (χ4n) is 1.83. The van der Waals surface area contributed by atoms with Crippen LogP contribution < -0.4 is 14.2 Å². The fourth-order valence-corrected chi connectivity index (χ4v) is 2.56. The van der Waals surface area contributed by atoms with Crippen molar-refractivity contribution in [1.82, 2.24) is 0 Å². The minimum absolute atomic E-state index is 0.114. The Bertz CT molecular complexity index is 688. The van der Waals surface area contributed by atoms with E-state index in [0.717, 1.165) is 4.47 Å². The first kappa shape index (κ1) is 16.6. The molecule has 0 amide bonds. The van der Waals surface area contributed by atoms with Crippen LogP contribution in [0.2, 0.25) is 5.02 Å². The summed E-state index contributed by atoms with van der Waals surface area (Å²) in [6.45, 7) is -0.114. The van der Waals surface area contributed by atoms with E-state index >= 15 is 0 Å². The Kier molecular flexibility index (Phi) is 5.69. The van der Waals surface area contributed by atoms with Crippen LogP contribution in [0.5, 0.6) is 17.2 Å². The second kappa shape index (κ2) is 7.51. The lowest BCUT2D eigenvalue weighted by atomic mass is 10.1. The molecule has 0 saturated carbocycles. The molecule has 0 aromatic heterocycles. The quantitative estimate of drug-likeness (QED) is 0.692. The Hall–Kier alpha value is -1.72. The zero-order chi connectivity index (χ0) is 16.1. The molecule has 0 fully saturated rings. The van der Waals surface area contributed by atoms with Gasteiger partial charge in [0.05, 0.1) is 19.2 Å². The molecule has 0 N–H and O–H groups in total. The first-order valence-corrected chi connectivity index (χ1v) is 7.55. The maximum absolute atomic E-state index is 12.2. The largest absolute Gasteiger partial charge is 0.493 e. The van der Waals surface area contributed by atoms with Crippen LogP contribution in [0, 0.1) is 0 Å². The lowest BCUT2D eigenvalue weighted by Gasteiger charge is -2.10. The normalized spacial score (nSPS) is 10.2. The number of benzene rings is 2. The first-order valence-electron chi connectivity index (χ1n) is 6.38. The smallest absolute Gasteiger partial charge is 0.200 e. The zero-order valence-electron chi connectivity index (χ0n) is 12.1. The van der Waals surface area contributed by atoms with Gasteiger partial charge in [-0.05, 0) is 36.4 Å². The zero-order valence-corrected chi connectivity index (χ0v) is 14.4. The van der Waals surface area contributed by atoms with Gasteiger partial charge in [0.25, 0.3) is 0 Å². The molecule has 0 spiro atoms. The molecule has 0 radical (unpaired) electrons. The van der Waals surface area contributed by atoms with E-state index < -0.39 is 0 Å². The van der Waals surface area contributed by atoms with Crippen molar-refractivity contribution in [3.63, 3.8) is 0 Å². The minimum atomic E-state index is -0.181. The Morgan fingerprint density at radius 1 is 1.05 bits per heavy atom. The molecular weight excluding hydrogens is 372 g/mol. The van der Waals surface area contributed by atoms with Gasteiger partial charge in [-0.3, -0.25) is 4.79 Å². The molecule has 4 nitrogen and oxygen atoms in total. The predicted octanol–water partition coefficient (Wildman–Crippen LogP) is 4.38. The molecule has 22 heavy (non-hydrogen) atoms. The standard InChI is InChI=1S/C16H14BrClO4/c1-20-15-5-3-10(7-16(15)21-2)13(19)9-22-14-6-4-11(17)8-12(14)18/h3-8H,9H2,1-2H3. The number of hydrogen-bond acceptors (Lipinski definition) is 4. The Balaban J connectivity index is 2.09. The van der Waals surface area contributed by atoms with Crippen molar-refractivity contribution in [2.75, 3.05) is 20.8 Å². The Morgan fingerprint density at radius 3 is 2.36 bits per heavy atom. The van der Waals surface area contributed by atoms with Crippen LogP contribution in [0.4, 0.5) is 0 Å². The van der Waals surface area contributed by atoms with Crippen LogP contribution >= 0.6 is 27.5 Å². The summed E-state index contributed by atoms with van der Waals surface area (Å²) in [5.41, 5.74) is 0.478. The summed E-state index contributed by atoms with van der Waals surface area (Å²) >= 11 is 9.35. The highest BCUT2D eigenvalue weighted by molar-refractivity contribution is 9.10. The van der Waals surface area contributed by atoms with Crippen molar-refractivity contribution in [1.29, 1.82) is 0 Å². The molecule has 0 aliphatic rings. The summed E-state index contributed by atoms with van der Waals surface area (Å²) in [6, 6.07) is 10.2. The molecule has 2 rings (SSSR count). The summed E-state index contributed by atoms with van der Waals surface area (Å²) in [7, 11) is 3.06. The van der Waals surface area contributed by atoms with Gasteiger partial charge in [-0.1, -0.05) is 27.5 Å². The van der Waals surface area contributed by atoms with Crippen molar-refractivity contribution in [3.8, 4) is 17.2 Å². The third-order valence-corrected chi connectivity index (χ3v) is 3.75. The molecule has 116 valence electrons. The summed E-state index contributed by atoms with van der Waals surface area (Å²) in [5.74, 6) is 1.34. The van der Waals surface area contributed by atoms with Gasteiger partial charge < -0.3 is 14.2 Å². The number of hydrogen-bond donors (Lipinski definition) is 0. The summed E-state index contributed by atoms with van der Waals surface area (Å²) < 4.78 is 16.6. The Morgan fingerprint density at radius 2 is 1.73 bits per heavy atom. The average molecular weight is 386 g/mol. The number of carbonyl (C=O) groups excluding carboxylic acids is 1. The molecule has 2 aromatic carbocycles. The third-order valence-electron chi connectivity index (χ3n) is 2.96. The molecule has 6 heteroatoms. The molecule has 0 heterocycles. The SMILES string of the molecule is COc1ccc(C(=O)COc2ccc(Br)cc2Cl)cc1OC. The molecule has 0 bridgehead atoms.